The summed E-state index contributed by atoms with van der Waals surface area (Å²) in [7, 11) is 0. The second-order valence-corrected chi connectivity index (χ2v) is 2.38. The number of primary amides is 1. The van der Waals surface area contributed by atoms with Crippen LogP contribution in [0.15, 0.2) is 0 Å². The van der Waals surface area contributed by atoms with Crippen LogP contribution in [0.25, 0.3) is 0 Å². The molecular weight excluding hydrogens is 132 g/mol. The van der Waals surface area contributed by atoms with Crippen molar-refractivity contribution in [1.29, 1.82) is 0 Å². The standard InChI is InChI=1S/C6H12N2O2/c7-6(9)8-4-5-2-1-3-10-5/h5H,1-4H2,(H3,7,8,9). The van der Waals surface area contributed by atoms with Crippen molar-refractivity contribution in [3.8, 4) is 0 Å². The largest absolute Gasteiger partial charge is 0.376 e. The average Bonchev–Trinajstić information content (AvgIpc) is 2.34. The summed E-state index contributed by atoms with van der Waals surface area (Å²) in [5.41, 5.74) is 4.86. The fraction of sp³-hybridized carbons (Fsp3) is 0.833. The van der Waals surface area contributed by atoms with Gasteiger partial charge in [-0.15, -0.1) is 0 Å². The third-order valence-corrected chi connectivity index (χ3v) is 1.53. The normalized spacial score (nSPS) is 24.6. The molecule has 10 heavy (non-hydrogen) atoms. The Morgan fingerprint density at radius 2 is 2.60 bits per heavy atom. The average molecular weight is 144 g/mol. The molecule has 1 heterocycles. The Morgan fingerprint density at radius 3 is 3.10 bits per heavy atom. The maximum atomic E-state index is 10.2. The summed E-state index contributed by atoms with van der Waals surface area (Å²) in [4.78, 5) is 10.2. The van der Waals surface area contributed by atoms with Crippen LogP contribution in [-0.4, -0.2) is 25.3 Å². The molecule has 4 nitrogen and oxygen atoms in total. The number of ether oxygens (including phenoxy) is 1. The fourth-order valence-corrected chi connectivity index (χ4v) is 1.02. The molecule has 2 amide bonds. The Labute approximate surface area is 59.7 Å². The van der Waals surface area contributed by atoms with E-state index in [4.69, 9.17) is 10.5 Å². The van der Waals surface area contributed by atoms with E-state index < -0.39 is 6.03 Å². The van der Waals surface area contributed by atoms with E-state index in [9.17, 15) is 4.79 Å². The van der Waals surface area contributed by atoms with Crippen molar-refractivity contribution < 1.29 is 9.53 Å². The summed E-state index contributed by atoms with van der Waals surface area (Å²) >= 11 is 0. The van der Waals surface area contributed by atoms with Crippen LogP contribution >= 0.6 is 0 Å². The summed E-state index contributed by atoms with van der Waals surface area (Å²) in [6.45, 7) is 1.36. The van der Waals surface area contributed by atoms with Crippen LogP contribution in [0.3, 0.4) is 0 Å². The summed E-state index contributed by atoms with van der Waals surface area (Å²) in [6, 6.07) is -0.476. The van der Waals surface area contributed by atoms with Gasteiger partial charge >= 0.3 is 6.03 Å². The number of hydrogen-bond acceptors (Lipinski definition) is 2. The van der Waals surface area contributed by atoms with Crippen molar-refractivity contribution in [2.45, 2.75) is 18.9 Å². The van der Waals surface area contributed by atoms with E-state index in [2.05, 4.69) is 5.32 Å². The van der Waals surface area contributed by atoms with Gasteiger partial charge in [-0.25, -0.2) is 4.79 Å². The predicted octanol–water partition coefficient (Wildman–Crippen LogP) is -0.166. The molecular formula is C6H12N2O2. The predicted molar refractivity (Wildman–Crippen MR) is 36.6 cm³/mol. The Morgan fingerprint density at radius 1 is 1.80 bits per heavy atom. The molecule has 1 rings (SSSR count). The lowest BCUT2D eigenvalue weighted by molar-refractivity contribution is 0.112. The molecule has 0 aliphatic carbocycles. The van der Waals surface area contributed by atoms with Crippen molar-refractivity contribution >= 4 is 6.03 Å². The summed E-state index contributed by atoms with van der Waals surface area (Å²) in [6.07, 6.45) is 2.30. The molecule has 1 unspecified atom stereocenters. The summed E-state index contributed by atoms with van der Waals surface area (Å²) < 4.78 is 5.23. The molecule has 1 fully saturated rings. The highest BCUT2D eigenvalue weighted by molar-refractivity contribution is 5.71. The first-order valence-corrected chi connectivity index (χ1v) is 3.44. The number of nitrogens with one attached hydrogen (secondary N) is 1. The quantitative estimate of drug-likeness (QED) is 0.565. The molecule has 0 aromatic carbocycles. The Hall–Kier alpha value is -0.770. The van der Waals surface area contributed by atoms with Crippen LogP contribution in [0.2, 0.25) is 0 Å². The van der Waals surface area contributed by atoms with Gasteiger partial charge in [0.25, 0.3) is 0 Å². The molecule has 0 radical (unpaired) electrons. The van der Waals surface area contributed by atoms with Crippen LogP contribution < -0.4 is 11.1 Å². The summed E-state index contributed by atoms with van der Waals surface area (Å²) in [5.74, 6) is 0. The molecule has 1 saturated heterocycles. The van der Waals surface area contributed by atoms with Crippen LogP contribution in [0.4, 0.5) is 4.79 Å². The topological polar surface area (TPSA) is 64.4 Å². The van der Waals surface area contributed by atoms with Gasteiger partial charge < -0.3 is 15.8 Å². The van der Waals surface area contributed by atoms with Crippen LogP contribution in [0.5, 0.6) is 0 Å². The molecule has 0 bridgehead atoms. The van der Waals surface area contributed by atoms with Gasteiger partial charge in [-0.3, -0.25) is 0 Å². The molecule has 4 heteroatoms. The number of amides is 2. The van der Waals surface area contributed by atoms with Gasteiger partial charge in [-0.1, -0.05) is 0 Å². The van der Waals surface area contributed by atoms with Gasteiger partial charge in [-0.2, -0.15) is 0 Å². The first-order chi connectivity index (χ1) is 4.79. The van der Waals surface area contributed by atoms with E-state index in [1.54, 1.807) is 0 Å². The second kappa shape index (κ2) is 3.41. The minimum atomic E-state index is -0.476. The lowest BCUT2D eigenvalue weighted by atomic mass is 10.2. The van der Waals surface area contributed by atoms with E-state index in [1.165, 1.54) is 0 Å². The lowest BCUT2D eigenvalue weighted by Crippen LogP contribution is -2.35. The van der Waals surface area contributed by atoms with Crippen LogP contribution in [0, 0.1) is 0 Å². The minimum absolute atomic E-state index is 0.187. The number of urea groups is 1. The monoisotopic (exact) mass is 144 g/mol. The number of hydrogen-bond donors (Lipinski definition) is 2. The third-order valence-electron chi connectivity index (χ3n) is 1.53. The second-order valence-electron chi connectivity index (χ2n) is 2.38. The maximum absolute atomic E-state index is 10.2. The van der Waals surface area contributed by atoms with E-state index in [0.29, 0.717) is 6.54 Å². The van der Waals surface area contributed by atoms with Crippen molar-refractivity contribution in [3.63, 3.8) is 0 Å². The molecule has 0 aromatic heterocycles. The highest BCUT2D eigenvalue weighted by atomic mass is 16.5. The number of rotatable bonds is 2. The zero-order chi connectivity index (χ0) is 7.40. The van der Waals surface area contributed by atoms with Crippen molar-refractivity contribution in [1.82, 2.24) is 5.32 Å². The van der Waals surface area contributed by atoms with Gasteiger partial charge in [0.1, 0.15) is 0 Å². The van der Waals surface area contributed by atoms with Gasteiger partial charge in [-0.05, 0) is 12.8 Å². The Balaban J connectivity index is 2.07. The molecule has 1 aliphatic heterocycles. The lowest BCUT2D eigenvalue weighted by Gasteiger charge is -2.07. The Bertz CT molecular complexity index is 121. The Kier molecular flexibility index (Phi) is 2.50. The molecule has 0 saturated carbocycles. The first kappa shape index (κ1) is 7.34. The van der Waals surface area contributed by atoms with E-state index in [0.717, 1.165) is 19.4 Å². The zero-order valence-corrected chi connectivity index (χ0v) is 5.80. The van der Waals surface area contributed by atoms with Gasteiger partial charge in [0.2, 0.25) is 0 Å². The number of nitrogens with two attached hydrogens (primary N) is 1. The summed E-state index contributed by atoms with van der Waals surface area (Å²) in [5, 5.41) is 2.50. The van der Waals surface area contributed by atoms with E-state index >= 15 is 0 Å². The minimum Gasteiger partial charge on any atom is -0.376 e. The first-order valence-electron chi connectivity index (χ1n) is 3.44. The molecule has 58 valence electrons. The fourth-order valence-electron chi connectivity index (χ4n) is 1.02. The maximum Gasteiger partial charge on any atom is 0.312 e. The number of carbonyl (C=O) groups is 1. The molecule has 3 N–H and O–H groups in total. The molecule has 0 aromatic rings. The van der Waals surface area contributed by atoms with Crippen molar-refractivity contribution in [3.05, 3.63) is 0 Å². The third kappa shape index (κ3) is 2.23. The SMILES string of the molecule is NC(=O)NCC1CCCO1. The van der Waals surface area contributed by atoms with E-state index in [-0.39, 0.29) is 6.10 Å². The van der Waals surface area contributed by atoms with Crippen molar-refractivity contribution in [2.24, 2.45) is 5.73 Å². The molecule has 1 atom stereocenters. The highest BCUT2D eigenvalue weighted by Gasteiger charge is 2.14. The van der Waals surface area contributed by atoms with E-state index in [1.807, 2.05) is 0 Å². The van der Waals surface area contributed by atoms with Gasteiger partial charge in [0.05, 0.1) is 6.10 Å². The van der Waals surface area contributed by atoms with Gasteiger partial charge in [0, 0.05) is 13.2 Å². The van der Waals surface area contributed by atoms with Crippen molar-refractivity contribution in [2.75, 3.05) is 13.2 Å². The van der Waals surface area contributed by atoms with Crippen LogP contribution in [0.1, 0.15) is 12.8 Å². The smallest absolute Gasteiger partial charge is 0.312 e. The number of carbonyl (C=O) groups excluding carboxylic acids is 1. The molecule has 1 aliphatic rings. The highest BCUT2D eigenvalue weighted by Crippen LogP contribution is 2.10. The molecule has 0 spiro atoms. The van der Waals surface area contributed by atoms with Gasteiger partial charge in [0.15, 0.2) is 0 Å². The van der Waals surface area contributed by atoms with Crippen LogP contribution in [-0.2, 0) is 4.74 Å². The zero-order valence-electron chi connectivity index (χ0n) is 5.80.